The Labute approximate surface area is 154 Å². The zero-order valence-corrected chi connectivity index (χ0v) is 15.8. The van der Waals surface area contributed by atoms with Crippen LogP contribution in [0.25, 0.3) is 0 Å². The van der Waals surface area contributed by atoms with Crippen LogP contribution in [-0.2, 0) is 6.54 Å². The topological polar surface area (TPSA) is 24.5 Å². The summed E-state index contributed by atoms with van der Waals surface area (Å²) in [7, 11) is 2.21. The number of nitrogens with zero attached hydrogens (tertiary/aromatic N) is 1. The summed E-state index contributed by atoms with van der Waals surface area (Å²) in [6.45, 7) is 5.01. The van der Waals surface area contributed by atoms with Crippen molar-refractivity contribution >= 4 is 11.8 Å². The third-order valence-electron chi connectivity index (χ3n) is 5.33. The lowest BCUT2D eigenvalue weighted by Gasteiger charge is -2.34. The van der Waals surface area contributed by atoms with Crippen molar-refractivity contribution in [1.82, 2.24) is 10.2 Å². The smallest absolute Gasteiger partial charge is 0.124 e. The van der Waals surface area contributed by atoms with Gasteiger partial charge in [0.05, 0.1) is 6.61 Å². The van der Waals surface area contributed by atoms with Crippen LogP contribution in [0.15, 0.2) is 47.4 Å². The highest BCUT2D eigenvalue weighted by Gasteiger charge is 2.27. The molecule has 2 heterocycles. The van der Waals surface area contributed by atoms with Crippen molar-refractivity contribution < 1.29 is 4.74 Å². The van der Waals surface area contributed by atoms with Crippen molar-refractivity contribution in [3.05, 3.63) is 59.2 Å². The average molecular weight is 355 g/mol. The summed E-state index contributed by atoms with van der Waals surface area (Å²) < 4.78 is 6.21. The molecule has 0 saturated carbocycles. The highest BCUT2D eigenvalue weighted by molar-refractivity contribution is 7.98. The molecule has 0 bridgehead atoms. The second-order valence-corrected chi connectivity index (χ2v) is 8.06. The number of thioether (sulfide) groups is 1. The van der Waals surface area contributed by atoms with Crippen LogP contribution in [-0.4, -0.2) is 44.4 Å². The van der Waals surface area contributed by atoms with E-state index in [1.54, 1.807) is 11.8 Å². The number of likely N-dealkylation sites (N-methyl/N-ethyl adjacent to an activating group) is 1. The van der Waals surface area contributed by atoms with Crippen molar-refractivity contribution in [3.63, 3.8) is 0 Å². The number of hydrogen-bond acceptors (Lipinski definition) is 4. The van der Waals surface area contributed by atoms with Gasteiger partial charge in [-0.1, -0.05) is 24.3 Å². The van der Waals surface area contributed by atoms with E-state index in [2.05, 4.69) is 66.0 Å². The first-order valence-corrected chi connectivity index (χ1v) is 10.2. The normalized spacial score (nSPS) is 20.8. The predicted molar refractivity (Wildman–Crippen MR) is 105 cm³/mol. The Morgan fingerprint density at radius 2 is 1.96 bits per heavy atom. The van der Waals surface area contributed by atoms with Gasteiger partial charge in [0.25, 0.3) is 0 Å². The molecule has 1 N–H and O–H groups in total. The van der Waals surface area contributed by atoms with Gasteiger partial charge in [-0.25, -0.2) is 0 Å². The first-order valence-electron chi connectivity index (χ1n) is 9.02. The maximum absolute atomic E-state index is 6.21. The van der Waals surface area contributed by atoms with E-state index in [0.29, 0.717) is 11.8 Å². The van der Waals surface area contributed by atoms with Crippen LogP contribution < -0.4 is 10.1 Å². The van der Waals surface area contributed by atoms with Crippen LogP contribution in [0, 0.1) is 5.92 Å². The summed E-state index contributed by atoms with van der Waals surface area (Å²) in [6.07, 6.45) is 2.12. The van der Waals surface area contributed by atoms with Crippen molar-refractivity contribution in [2.75, 3.05) is 39.5 Å². The monoisotopic (exact) mass is 354 g/mol. The Morgan fingerprint density at radius 1 is 1.16 bits per heavy atom. The van der Waals surface area contributed by atoms with Gasteiger partial charge in [-0.3, -0.25) is 0 Å². The maximum atomic E-state index is 6.21. The number of nitrogens with one attached hydrogen (secondary N) is 1. The summed E-state index contributed by atoms with van der Waals surface area (Å²) >= 11 is 1.79. The SMILES string of the molecule is CSc1ccc(C2CN(C)Cc3c(OCC4CNC4)cccc32)cc1. The quantitative estimate of drug-likeness (QED) is 0.830. The van der Waals surface area contributed by atoms with E-state index in [1.165, 1.54) is 21.6 Å². The summed E-state index contributed by atoms with van der Waals surface area (Å²) in [5.41, 5.74) is 4.19. The van der Waals surface area contributed by atoms with Gasteiger partial charge in [-0.2, -0.15) is 0 Å². The molecule has 2 aromatic rings. The molecule has 4 rings (SSSR count). The Morgan fingerprint density at radius 3 is 2.64 bits per heavy atom. The zero-order valence-electron chi connectivity index (χ0n) is 15.0. The average Bonchev–Trinajstić information content (AvgIpc) is 2.60. The second kappa shape index (κ2) is 7.40. The molecule has 0 amide bonds. The Hall–Kier alpha value is -1.49. The van der Waals surface area contributed by atoms with Gasteiger partial charge in [-0.05, 0) is 42.6 Å². The molecule has 1 unspecified atom stereocenters. The van der Waals surface area contributed by atoms with Crippen LogP contribution in [0.2, 0.25) is 0 Å². The van der Waals surface area contributed by atoms with E-state index in [1.807, 2.05) is 0 Å². The summed E-state index contributed by atoms with van der Waals surface area (Å²) in [4.78, 5) is 3.73. The Kier molecular flexibility index (Phi) is 5.02. The zero-order chi connectivity index (χ0) is 17.2. The van der Waals surface area contributed by atoms with Crippen LogP contribution in [0.4, 0.5) is 0 Å². The molecule has 2 aliphatic heterocycles. The fourth-order valence-corrected chi connectivity index (χ4v) is 4.16. The molecule has 0 aliphatic carbocycles. The molecule has 132 valence electrons. The largest absolute Gasteiger partial charge is 0.493 e. The highest BCUT2D eigenvalue weighted by atomic mass is 32.2. The third kappa shape index (κ3) is 3.57. The molecule has 1 fully saturated rings. The molecule has 1 saturated heterocycles. The van der Waals surface area contributed by atoms with Crippen LogP contribution in [0.5, 0.6) is 5.75 Å². The van der Waals surface area contributed by atoms with E-state index < -0.39 is 0 Å². The van der Waals surface area contributed by atoms with Gasteiger partial charge in [-0.15, -0.1) is 11.8 Å². The Bertz CT molecular complexity index is 727. The summed E-state index contributed by atoms with van der Waals surface area (Å²) in [5, 5.41) is 3.31. The summed E-state index contributed by atoms with van der Waals surface area (Å²) in [6, 6.07) is 15.6. The number of rotatable bonds is 5. The molecule has 2 aromatic carbocycles. The van der Waals surface area contributed by atoms with Crippen molar-refractivity contribution in [2.24, 2.45) is 5.92 Å². The van der Waals surface area contributed by atoms with E-state index >= 15 is 0 Å². The standard InChI is InChI=1S/C21H26N2OS/c1-23-12-19(16-6-8-17(25-2)9-7-16)18-4-3-5-21(20(18)13-23)24-14-15-10-22-11-15/h3-9,15,19,22H,10-14H2,1-2H3. The van der Waals surface area contributed by atoms with Gasteiger partial charge in [0.1, 0.15) is 5.75 Å². The van der Waals surface area contributed by atoms with Crippen LogP contribution >= 0.6 is 11.8 Å². The van der Waals surface area contributed by atoms with Gasteiger partial charge in [0.15, 0.2) is 0 Å². The maximum Gasteiger partial charge on any atom is 0.124 e. The van der Waals surface area contributed by atoms with E-state index in [4.69, 9.17) is 4.74 Å². The molecule has 25 heavy (non-hydrogen) atoms. The lowest BCUT2D eigenvalue weighted by Crippen LogP contribution is -2.45. The van der Waals surface area contributed by atoms with Crippen molar-refractivity contribution in [2.45, 2.75) is 17.4 Å². The van der Waals surface area contributed by atoms with Crippen molar-refractivity contribution in [1.29, 1.82) is 0 Å². The molecular formula is C21H26N2OS. The molecule has 0 aromatic heterocycles. The first kappa shape index (κ1) is 17.0. The Balaban J connectivity index is 1.62. The van der Waals surface area contributed by atoms with Crippen LogP contribution in [0.1, 0.15) is 22.6 Å². The highest BCUT2D eigenvalue weighted by Crippen LogP contribution is 2.38. The van der Waals surface area contributed by atoms with Crippen molar-refractivity contribution in [3.8, 4) is 5.75 Å². The van der Waals surface area contributed by atoms with Gasteiger partial charge >= 0.3 is 0 Å². The lowest BCUT2D eigenvalue weighted by atomic mass is 9.84. The third-order valence-corrected chi connectivity index (χ3v) is 6.07. The minimum atomic E-state index is 0.415. The summed E-state index contributed by atoms with van der Waals surface area (Å²) in [5.74, 6) is 2.15. The van der Waals surface area contributed by atoms with Gasteiger partial charge in [0, 0.05) is 48.5 Å². The molecule has 0 radical (unpaired) electrons. The van der Waals surface area contributed by atoms with E-state index in [0.717, 1.165) is 38.5 Å². The number of hydrogen-bond donors (Lipinski definition) is 1. The molecule has 2 aliphatic rings. The molecule has 1 atom stereocenters. The number of fused-ring (bicyclic) bond motifs is 1. The van der Waals surface area contributed by atoms with Crippen LogP contribution in [0.3, 0.4) is 0 Å². The van der Waals surface area contributed by atoms with E-state index in [9.17, 15) is 0 Å². The molecular weight excluding hydrogens is 328 g/mol. The molecule has 0 spiro atoms. The van der Waals surface area contributed by atoms with E-state index in [-0.39, 0.29) is 0 Å². The minimum absolute atomic E-state index is 0.415. The number of ether oxygens (including phenoxy) is 1. The first-order chi connectivity index (χ1) is 12.2. The lowest BCUT2D eigenvalue weighted by molar-refractivity contribution is 0.193. The fourth-order valence-electron chi connectivity index (χ4n) is 3.75. The fraction of sp³-hybridized carbons (Fsp3) is 0.429. The second-order valence-electron chi connectivity index (χ2n) is 7.18. The number of benzene rings is 2. The molecule has 3 nitrogen and oxygen atoms in total. The molecule has 4 heteroatoms. The predicted octanol–water partition coefficient (Wildman–Crippen LogP) is 3.58. The van der Waals surface area contributed by atoms with Gasteiger partial charge in [0.2, 0.25) is 0 Å². The minimum Gasteiger partial charge on any atom is -0.493 e. The van der Waals surface area contributed by atoms with Gasteiger partial charge < -0.3 is 15.0 Å².